The Morgan fingerprint density at radius 1 is 1.36 bits per heavy atom. The molecule has 1 amide bonds. The molecule has 1 aromatic carbocycles. The second kappa shape index (κ2) is 8.20. The Kier molecular flexibility index (Phi) is 6.09. The number of carbonyl (C=O) groups excluding carboxylic acids is 1. The van der Waals surface area contributed by atoms with Gasteiger partial charge in [-0.3, -0.25) is 10.1 Å². The lowest BCUT2D eigenvalue weighted by atomic mass is 9.72. The molecule has 7 heteroatoms. The topological polar surface area (TPSA) is 64.9 Å². The summed E-state index contributed by atoms with van der Waals surface area (Å²) >= 11 is 12.9. The van der Waals surface area contributed by atoms with Gasteiger partial charge in [0.25, 0.3) is 5.91 Å². The third-order valence-electron chi connectivity index (χ3n) is 5.17. The van der Waals surface area contributed by atoms with E-state index >= 15 is 0 Å². The molecule has 1 heterocycles. The molecule has 0 aliphatic heterocycles. The van der Waals surface area contributed by atoms with Crippen molar-refractivity contribution < 1.29 is 4.79 Å². The number of rotatable bonds is 2. The molecule has 0 fully saturated rings. The van der Waals surface area contributed by atoms with Gasteiger partial charge in [0.1, 0.15) is 11.1 Å². The van der Waals surface area contributed by atoms with Gasteiger partial charge in [-0.2, -0.15) is 5.26 Å². The highest BCUT2D eigenvalue weighted by atomic mass is 35.5. The van der Waals surface area contributed by atoms with Crippen LogP contribution in [-0.4, -0.2) is 11.0 Å². The predicted molar refractivity (Wildman–Crippen MR) is 119 cm³/mol. The van der Waals surface area contributed by atoms with Crippen molar-refractivity contribution in [2.45, 2.75) is 40.0 Å². The van der Waals surface area contributed by atoms with Crippen LogP contribution in [0.4, 0.5) is 5.00 Å². The molecule has 28 heavy (non-hydrogen) atoms. The number of nitrogens with one attached hydrogen (secondary N) is 2. The average molecular weight is 432 g/mol. The van der Waals surface area contributed by atoms with Crippen LogP contribution < -0.4 is 10.6 Å². The lowest BCUT2D eigenvalue weighted by Gasteiger charge is -2.33. The van der Waals surface area contributed by atoms with Gasteiger partial charge in [0.15, 0.2) is 5.11 Å². The Morgan fingerprint density at radius 2 is 2.07 bits per heavy atom. The van der Waals surface area contributed by atoms with Crippen LogP contribution >= 0.6 is 35.2 Å². The van der Waals surface area contributed by atoms with Gasteiger partial charge in [-0.1, -0.05) is 44.5 Å². The summed E-state index contributed by atoms with van der Waals surface area (Å²) in [5, 5.41) is 16.6. The lowest BCUT2D eigenvalue weighted by Crippen LogP contribution is -2.34. The minimum atomic E-state index is -0.379. The molecule has 0 spiro atoms. The number of halogens is 1. The van der Waals surface area contributed by atoms with E-state index in [-0.39, 0.29) is 16.4 Å². The zero-order valence-corrected chi connectivity index (χ0v) is 18.4. The van der Waals surface area contributed by atoms with E-state index in [1.807, 2.05) is 0 Å². The second-order valence-corrected chi connectivity index (χ2v) is 9.93. The van der Waals surface area contributed by atoms with E-state index < -0.39 is 0 Å². The number of fused-ring (bicyclic) bond motifs is 1. The van der Waals surface area contributed by atoms with Crippen LogP contribution in [-0.2, 0) is 12.8 Å². The molecule has 2 N–H and O–H groups in total. The normalized spacial score (nSPS) is 16.0. The maximum absolute atomic E-state index is 12.4. The first kappa shape index (κ1) is 20.8. The second-order valence-electron chi connectivity index (χ2n) is 8.01. The van der Waals surface area contributed by atoms with Crippen molar-refractivity contribution in [1.29, 1.82) is 5.26 Å². The summed E-state index contributed by atoms with van der Waals surface area (Å²) in [6, 6.07) is 9.10. The summed E-state index contributed by atoms with van der Waals surface area (Å²) in [5.41, 5.74) is 2.35. The van der Waals surface area contributed by atoms with Gasteiger partial charge in [0, 0.05) is 4.88 Å². The molecule has 4 nitrogen and oxygen atoms in total. The van der Waals surface area contributed by atoms with E-state index in [9.17, 15) is 10.1 Å². The van der Waals surface area contributed by atoms with Crippen LogP contribution in [0, 0.1) is 22.7 Å². The number of carbonyl (C=O) groups is 1. The van der Waals surface area contributed by atoms with E-state index in [2.05, 4.69) is 37.5 Å². The lowest BCUT2D eigenvalue weighted by molar-refractivity contribution is 0.0978. The largest absolute Gasteiger partial charge is 0.323 e. The molecular weight excluding hydrogens is 410 g/mol. The van der Waals surface area contributed by atoms with Crippen LogP contribution in [0.1, 0.15) is 53.6 Å². The van der Waals surface area contributed by atoms with Crippen LogP contribution in [0.3, 0.4) is 0 Å². The molecule has 1 atom stereocenters. The van der Waals surface area contributed by atoms with Gasteiger partial charge in [-0.25, -0.2) is 0 Å². The summed E-state index contributed by atoms with van der Waals surface area (Å²) < 4.78 is 0. The van der Waals surface area contributed by atoms with E-state index in [4.69, 9.17) is 23.8 Å². The zero-order valence-electron chi connectivity index (χ0n) is 16.1. The summed E-state index contributed by atoms with van der Waals surface area (Å²) in [5.74, 6) is 0.209. The minimum absolute atomic E-state index is 0.160. The fraction of sp³-hybridized carbons (Fsp3) is 0.381. The first-order valence-corrected chi connectivity index (χ1v) is 10.7. The molecule has 3 rings (SSSR count). The smallest absolute Gasteiger partial charge is 0.258 e. The minimum Gasteiger partial charge on any atom is -0.323 e. The van der Waals surface area contributed by atoms with Crippen molar-refractivity contribution in [2.24, 2.45) is 11.3 Å². The number of nitriles is 1. The molecule has 0 saturated heterocycles. The molecular formula is C21H22ClN3OS2. The third kappa shape index (κ3) is 4.38. The first-order chi connectivity index (χ1) is 13.2. The van der Waals surface area contributed by atoms with Crippen LogP contribution in [0.2, 0.25) is 5.02 Å². The molecule has 0 bridgehead atoms. The number of benzene rings is 1. The monoisotopic (exact) mass is 431 g/mol. The standard InChI is InChI=1S/C21H22ClN3OS2/c1-21(2,3)12-8-9-13-15(11-23)19(28-17(13)10-12)25-20(27)24-18(26)14-6-4-5-7-16(14)22/h4-7,12H,8-10H2,1-3H3,(H2,24,25,26,27). The Balaban J connectivity index is 1.75. The van der Waals surface area contributed by atoms with Crippen LogP contribution in [0.15, 0.2) is 24.3 Å². The first-order valence-electron chi connectivity index (χ1n) is 9.12. The highest BCUT2D eigenvalue weighted by Gasteiger charge is 2.32. The van der Waals surface area contributed by atoms with Crippen molar-refractivity contribution in [3.8, 4) is 6.07 Å². The third-order valence-corrected chi connectivity index (χ3v) is 6.88. The summed E-state index contributed by atoms with van der Waals surface area (Å²) in [6.07, 6.45) is 2.95. The van der Waals surface area contributed by atoms with Crippen LogP contribution in [0.5, 0.6) is 0 Å². The maximum Gasteiger partial charge on any atom is 0.258 e. The SMILES string of the molecule is CC(C)(C)C1CCc2c(sc(NC(=S)NC(=O)c3ccccc3Cl)c2C#N)C1. The number of thiocarbonyl (C=S) groups is 1. The van der Waals surface area contributed by atoms with Gasteiger partial charge in [0.2, 0.25) is 0 Å². The van der Waals surface area contributed by atoms with Gasteiger partial charge >= 0.3 is 0 Å². The van der Waals surface area contributed by atoms with Crippen molar-refractivity contribution >= 4 is 51.2 Å². The number of amides is 1. The number of anilines is 1. The Bertz CT molecular complexity index is 969. The van der Waals surface area contributed by atoms with Crippen LogP contribution in [0.25, 0.3) is 0 Å². The summed E-state index contributed by atoms with van der Waals surface area (Å²) in [7, 11) is 0. The highest BCUT2D eigenvalue weighted by molar-refractivity contribution is 7.80. The van der Waals surface area contributed by atoms with E-state index in [0.717, 1.165) is 24.8 Å². The number of hydrogen-bond acceptors (Lipinski definition) is 4. The molecule has 2 aromatic rings. The molecule has 1 aliphatic rings. The Hall–Kier alpha value is -1.94. The van der Waals surface area contributed by atoms with E-state index in [1.54, 1.807) is 35.6 Å². The van der Waals surface area contributed by atoms with Crippen molar-refractivity contribution in [2.75, 3.05) is 5.32 Å². The van der Waals surface area contributed by atoms with Crippen molar-refractivity contribution in [1.82, 2.24) is 5.32 Å². The van der Waals surface area contributed by atoms with E-state index in [1.165, 1.54) is 4.88 Å². The highest BCUT2D eigenvalue weighted by Crippen LogP contribution is 2.43. The fourth-order valence-electron chi connectivity index (χ4n) is 3.48. The van der Waals surface area contributed by atoms with Crippen molar-refractivity contribution in [3.05, 3.63) is 50.9 Å². The summed E-state index contributed by atoms with van der Waals surface area (Å²) in [6.45, 7) is 6.79. The number of hydrogen-bond donors (Lipinski definition) is 2. The van der Waals surface area contributed by atoms with Gasteiger partial charge in [-0.15, -0.1) is 11.3 Å². The fourth-order valence-corrected chi connectivity index (χ4v) is 5.24. The average Bonchev–Trinajstić information content (AvgIpc) is 2.97. The molecule has 146 valence electrons. The van der Waals surface area contributed by atoms with Crippen molar-refractivity contribution in [3.63, 3.8) is 0 Å². The molecule has 1 aromatic heterocycles. The Labute approximate surface area is 179 Å². The number of thiophene rings is 1. The number of nitrogens with zero attached hydrogens (tertiary/aromatic N) is 1. The van der Waals surface area contributed by atoms with E-state index in [0.29, 0.717) is 27.1 Å². The molecule has 1 unspecified atom stereocenters. The zero-order chi connectivity index (χ0) is 20.5. The molecule has 1 aliphatic carbocycles. The van der Waals surface area contributed by atoms with Gasteiger partial charge in [0.05, 0.1) is 16.1 Å². The quantitative estimate of drug-likeness (QED) is 0.611. The summed E-state index contributed by atoms with van der Waals surface area (Å²) in [4.78, 5) is 13.6. The van der Waals surface area contributed by atoms with Gasteiger partial charge < -0.3 is 5.32 Å². The predicted octanol–water partition coefficient (Wildman–Crippen LogP) is 5.55. The molecule has 0 radical (unpaired) electrons. The molecule has 0 saturated carbocycles. The van der Waals surface area contributed by atoms with Gasteiger partial charge in [-0.05, 0) is 60.5 Å². The Morgan fingerprint density at radius 3 is 2.71 bits per heavy atom. The maximum atomic E-state index is 12.4.